The fourth-order valence-electron chi connectivity index (χ4n) is 3.09. The van der Waals surface area contributed by atoms with Gasteiger partial charge in [0.15, 0.2) is 12.4 Å². The van der Waals surface area contributed by atoms with Gasteiger partial charge >= 0.3 is 11.9 Å². The normalized spacial score (nSPS) is 12.1. The molecule has 0 atom stereocenters. The Hall–Kier alpha value is -3.45. The van der Waals surface area contributed by atoms with Gasteiger partial charge in [0.25, 0.3) is 5.91 Å². The largest absolute Gasteiger partial charge is 0.483 e. The minimum atomic E-state index is -4.83. The number of halogens is 6. The molecule has 3 rings (SSSR count). The number of hydrogen-bond acceptors (Lipinski definition) is 5. The van der Waals surface area contributed by atoms with E-state index >= 15 is 4.39 Å². The molecule has 2 aromatic carbocycles. The van der Waals surface area contributed by atoms with E-state index < -0.39 is 64.3 Å². The number of aliphatic hydroxyl groups is 1. The highest BCUT2D eigenvalue weighted by Crippen LogP contribution is 2.30. The van der Waals surface area contributed by atoms with E-state index in [2.05, 4.69) is 10.4 Å². The summed E-state index contributed by atoms with van der Waals surface area (Å²) in [5.41, 5.74) is -4.43. The van der Waals surface area contributed by atoms with Crippen molar-refractivity contribution in [2.75, 3.05) is 11.9 Å². The lowest BCUT2D eigenvalue weighted by molar-refractivity contribution is -0.153. The van der Waals surface area contributed by atoms with Crippen LogP contribution in [0.4, 0.5) is 27.6 Å². The zero-order valence-corrected chi connectivity index (χ0v) is 19.1. The monoisotopic (exact) mass is 520 g/mol. The number of hydrogen-bond donors (Lipinski definition) is 2. The van der Waals surface area contributed by atoms with Gasteiger partial charge in [-0.15, -0.1) is 5.10 Å². The Bertz CT molecular complexity index is 1320. The number of carbonyl (C=O) groups is 1. The summed E-state index contributed by atoms with van der Waals surface area (Å²) in [5, 5.41) is 15.9. The van der Waals surface area contributed by atoms with Crippen LogP contribution in [0, 0.1) is 11.6 Å². The van der Waals surface area contributed by atoms with Crippen LogP contribution in [0.15, 0.2) is 35.1 Å². The number of aromatic nitrogens is 3. The molecule has 3 aromatic rings. The number of para-hydroxylation sites is 1. The highest BCUT2D eigenvalue weighted by Gasteiger charge is 2.31. The Balaban J connectivity index is 2.14. The summed E-state index contributed by atoms with van der Waals surface area (Å²) in [6, 6.07) is 4.66. The summed E-state index contributed by atoms with van der Waals surface area (Å²) in [4.78, 5) is 25.3. The number of anilines is 1. The highest BCUT2D eigenvalue weighted by molar-refractivity contribution is 6.34. The van der Waals surface area contributed by atoms with Gasteiger partial charge in [-0.3, -0.25) is 9.36 Å². The summed E-state index contributed by atoms with van der Waals surface area (Å²) in [6.45, 7) is 0.772. The molecule has 0 saturated heterocycles. The summed E-state index contributed by atoms with van der Waals surface area (Å²) < 4.78 is 73.7. The zero-order valence-electron chi connectivity index (χ0n) is 18.4. The van der Waals surface area contributed by atoms with Crippen molar-refractivity contribution in [3.05, 3.63) is 68.9 Å². The molecule has 0 aliphatic carbocycles. The molecule has 1 heterocycles. The number of benzene rings is 2. The molecule has 0 saturated carbocycles. The van der Waals surface area contributed by atoms with Crippen molar-refractivity contribution in [1.82, 2.24) is 14.3 Å². The second-order valence-corrected chi connectivity index (χ2v) is 8.30. The number of alkyl halides is 3. The van der Waals surface area contributed by atoms with Crippen LogP contribution >= 0.6 is 11.6 Å². The molecule has 1 aromatic heterocycles. The fourth-order valence-corrected chi connectivity index (χ4v) is 3.30. The summed E-state index contributed by atoms with van der Waals surface area (Å²) in [5.74, 6) is -4.36. The standard InChI is InChI=1S/C21H18ClF5N4O4/c1-20(2,34)18-29-31(19(33)30(18)3)14-8-15(35-9-21(25,26)27)10(7-13(14)24)17(32)28-16-11(22)5-4-6-12(16)23/h4-8,34H,9H2,1-3H3,(H,28,32). The van der Waals surface area contributed by atoms with Crippen LogP contribution in [0.3, 0.4) is 0 Å². The lowest BCUT2D eigenvalue weighted by atomic mass is 10.1. The molecule has 0 radical (unpaired) electrons. The number of nitrogens with one attached hydrogen (secondary N) is 1. The van der Waals surface area contributed by atoms with Crippen LogP contribution in [-0.2, 0) is 12.6 Å². The van der Waals surface area contributed by atoms with Crippen LogP contribution in [0.25, 0.3) is 5.69 Å². The predicted molar refractivity (Wildman–Crippen MR) is 115 cm³/mol. The van der Waals surface area contributed by atoms with E-state index in [1.807, 2.05) is 0 Å². The maximum absolute atomic E-state index is 15.0. The Labute approximate surface area is 199 Å². The van der Waals surface area contributed by atoms with Crippen molar-refractivity contribution in [3.63, 3.8) is 0 Å². The fraction of sp³-hybridized carbons (Fsp3) is 0.286. The van der Waals surface area contributed by atoms with E-state index in [1.165, 1.54) is 33.0 Å². The van der Waals surface area contributed by atoms with Crippen molar-refractivity contribution < 1.29 is 36.6 Å². The predicted octanol–water partition coefficient (Wildman–Crippen LogP) is 3.92. The maximum Gasteiger partial charge on any atom is 0.422 e. The minimum Gasteiger partial charge on any atom is -0.483 e. The molecule has 0 fully saturated rings. The van der Waals surface area contributed by atoms with Crippen molar-refractivity contribution in [2.45, 2.75) is 25.6 Å². The topological polar surface area (TPSA) is 98.4 Å². The first kappa shape index (κ1) is 26.2. The van der Waals surface area contributed by atoms with Gasteiger partial charge in [-0.1, -0.05) is 17.7 Å². The molecule has 0 spiro atoms. The van der Waals surface area contributed by atoms with E-state index in [-0.39, 0.29) is 10.8 Å². The van der Waals surface area contributed by atoms with E-state index in [0.717, 1.165) is 10.6 Å². The van der Waals surface area contributed by atoms with Gasteiger partial charge < -0.3 is 15.2 Å². The molecule has 0 aliphatic heterocycles. The number of rotatable bonds is 6. The molecule has 0 unspecified atom stereocenters. The average Bonchev–Trinajstić information content (AvgIpc) is 3.04. The number of amides is 1. The molecular formula is C21H18ClF5N4O4. The van der Waals surface area contributed by atoms with Gasteiger partial charge in [0.1, 0.15) is 28.7 Å². The number of nitrogens with zero attached hydrogens (tertiary/aromatic N) is 3. The van der Waals surface area contributed by atoms with Crippen LogP contribution in [0.2, 0.25) is 5.02 Å². The number of carbonyl (C=O) groups excluding carboxylic acids is 1. The molecule has 0 bridgehead atoms. The second-order valence-electron chi connectivity index (χ2n) is 7.89. The molecule has 14 heteroatoms. The van der Waals surface area contributed by atoms with Gasteiger partial charge in [0, 0.05) is 13.1 Å². The van der Waals surface area contributed by atoms with E-state index in [0.29, 0.717) is 16.8 Å². The van der Waals surface area contributed by atoms with Gasteiger partial charge in [-0.25, -0.2) is 13.6 Å². The average molecular weight is 521 g/mol. The maximum atomic E-state index is 15.0. The molecule has 8 nitrogen and oxygen atoms in total. The molecular weight excluding hydrogens is 503 g/mol. The Morgan fingerprint density at radius 1 is 1.20 bits per heavy atom. The number of ether oxygens (including phenoxy) is 1. The first-order valence-corrected chi connectivity index (χ1v) is 10.2. The van der Waals surface area contributed by atoms with Gasteiger partial charge in [0.2, 0.25) is 0 Å². The third-order valence-electron chi connectivity index (χ3n) is 4.64. The van der Waals surface area contributed by atoms with Crippen LogP contribution < -0.4 is 15.7 Å². The van der Waals surface area contributed by atoms with E-state index in [9.17, 15) is 32.3 Å². The molecule has 188 valence electrons. The van der Waals surface area contributed by atoms with E-state index in [1.54, 1.807) is 0 Å². The minimum absolute atomic E-state index is 0.171. The van der Waals surface area contributed by atoms with Gasteiger partial charge in [0.05, 0.1) is 16.3 Å². The van der Waals surface area contributed by atoms with Gasteiger partial charge in [-0.05, 0) is 32.0 Å². The Morgan fingerprint density at radius 3 is 2.40 bits per heavy atom. The van der Waals surface area contributed by atoms with Crippen molar-refractivity contribution in [1.29, 1.82) is 0 Å². The first-order chi connectivity index (χ1) is 16.1. The van der Waals surface area contributed by atoms with Crippen LogP contribution in [0.5, 0.6) is 5.75 Å². The third-order valence-corrected chi connectivity index (χ3v) is 4.96. The highest BCUT2D eigenvalue weighted by atomic mass is 35.5. The lowest BCUT2D eigenvalue weighted by Gasteiger charge is -2.16. The van der Waals surface area contributed by atoms with Crippen molar-refractivity contribution in [3.8, 4) is 11.4 Å². The summed E-state index contributed by atoms with van der Waals surface area (Å²) in [7, 11) is 1.25. The summed E-state index contributed by atoms with van der Waals surface area (Å²) >= 11 is 5.85. The molecule has 35 heavy (non-hydrogen) atoms. The van der Waals surface area contributed by atoms with E-state index in [4.69, 9.17) is 16.3 Å². The zero-order chi connectivity index (χ0) is 26.3. The Morgan fingerprint density at radius 2 is 1.86 bits per heavy atom. The van der Waals surface area contributed by atoms with Crippen LogP contribution in [0.1, 0.15) is 30.0 Å². The smallest absolute Gasteiger partial charge is 0.422 e. The second kappa shape index (κ2) is 9.30. The van der Waals surface area contributed by atoms with Gasteiger partial charge in [-0.2, -0.15) is 17.9 Å². The Kier molecular flexibility index (Phi) is 6.95. The SMILES string of the molecule is Cn1c(C(C)(C)O)nn(-c2cc(OCC(F)(F)F)c(C(=O)Nc3c(F)cccc3Cl)cc2F)c1=O. The van der Waals surface area contributed by atoms with Crippen molar-refractivity contribution >= 4 is 23.2 Å². The third kappa shape index (κ3) is 5.62. The molecule has 0 aliphatic rings. The molecule has 2 N–H and O–H groups in total. The molecule has 1 amide bonds. The summed E-state index contributed by atoms with van der Waals surface area (Å²) in [6.07, 6.45) is -4.83. The van der Waals surface area contributed by atoms with Crippen LogP contribution in [-0.4, -0.2) is 38.1 Å². The quantitative estimate of drug-likeness (QED) is 0.480. The lowest BCUT2D eigenvalue weighted by Crippen LogP contribution is -2.26. The first-order valence-electron chi connectivity index (χ1n) is 9.78. The van der Waals surface area contributed by atoms with Crippen molar-refractivity contribution in [2.24, 2.45) is 7.05 Å².